The molecule has 8 aromatic rings. The van der Waals surface area contributed by atoms with E-state index in [4.69, 9.17) is 4.98 Å². The summed E-state index contributed by atoms with van der Waals surface area (Å²) in [6.45, 7) is 4.21. The maximum atomic E-state index is 4.70. The van der Waals surface area contributed by atoms with E-state index in [0.29, 0.717) is 0 Å². The standard InChI is InChI=1S/C25H18N.C17H12N.Ir/c1-16-13-17(2)15-19(14-16)25-24-10-9-21-20-6-4-3-5-18(20)7-8-22(21)23(24)11-12-26-25;1-2-7-14(8-3-1)15-9-6-10-16(13-15)17-11-4-5-12-18-17;/h3-14H,1-2H3;1-9,11-13H;/q2*-1;. The van der Waals surface area contributed by atoms with Crippen LogP contribution >= 0.6 is 0 Å². The Morgan fingerprint density at radius 3 is 2.07 bits per heavy atom. The number of benzene rings is 6. The van der Waals surface area contributed by atoms with Gasteiger partial charge in [0, 0.05) is 32.5 Å². The van der Waals surface area contributed by atoms with Crippen LogP contribution in [0.3, 0.4) is 0 Å². The Bertz CT molecular complexity index is 2170. The van der Waals surface area contributed by atoms with Crippen molar-refractivity contribution >= 4 is 32.3 Å². The average molecular weight is 755 g/mol. The fourth-order valence-corrected chi connectivity index (χ4v) is 5.94. The predicted molar refractivity (Wildman–Crippen MR) is 184 cm³/mol. The second-order valence-corrected chi connectivity index (χ2v) is 11.0. The van der Waals surface area contributed by atoms with Crippen LogP contribution < -0.4 is 0 Å². The van der Waals surface area contributed by atoms with Crippen LogP contribution in [0.1, 0.15) is 11.1 Å². The molecule has 6 aromatic carbocycles. The monoisotopic (exact) mass is 755 g/mol. The summed E-state index contributed by atoms with van der Waals surface area (Å²) < 4.78 is 0. The van der Waals surface area contributed by atoms with Gasteiger partial charge in [-0.15, -0.1) is 70.3 Å². The smallest absolute Gasteiger partial charge is 0.0167 e. The minimum Gasteiger partial charge on any atom is -0.305 e. The molecule has 0 bridgehead atoms. The molecule has 0 atom stereocenters. The van der Waals surface area contributed by atoms with Crippen molar-refractivity contribution in [1.29, 1.82) is 0 Å². The van der Waals surface area contributed by atoms with Crippen LogP contribution in [-0.2, 0) is 20.1 Å². The zero-order valence-electron chi connectivity index (χ0n) is 25.1. The molecule has 0 fully saturated rings. The number of aryl methyl sites for hydroxylation is 2. The summed E-state index contributed by atoms with van der Waals surface area (Å²) in [5.41, 5.74) is 8.83. The van der Waals surface area contributed by atoms with Crippen LogP contribution in [0.4, 0.5) is 0 Å². The molecule has 0 aliphatic heterocycles. The van der Waals surface area contributed by atoms with E-state index in [1.807, 2.05) is 48.7 Å². The Kier molecular flexibility index (Phi) is 8.93. The van der Waals surface area contributed by atoms with Crippen molar-refractivity contribution < 1.29 is 20.1 Å². The van der Waals surface area contributed by atoms with E-state index >= 15 is 0 Å². The van der Waals surface area contributed by atoms with Gasteiger partial charge in [0.25, 0.3) is 0 Å². The molecule has 1 radical (unpaired) electrons. The number of pyridine rings is 2. The topological polar surface area (TPSA) is 25.8 Å². The first kappa shape index (κ1) is 30.1. The van der Waals surface area contributed by atoms with Crippen LogP contribution in [0.25, 0.3) is 66.0 Å². The third-order valence-electron chi connectivity index (χ3n) is 7.92. The predicted octanol–water partition coefficient (Wildman–Crippen LogP) is 10.8. The van der Waals surface area contributed by atoms with E-state index < -0.39 is 0 Å². The van der Waals surface area contributed by atoms with Crippen LogP contribution in [0.2, 0.25) is 0 Å². The van der Waals surface area contributed by atoms with Crippen molar-refractivity contribution in [2.45, 2.75) is 13.8 Å². The van der Waals surface area contributed by atoms with E-state index in [2.05, 4.69) is 122 Å². The molecule has 0 saturated carbocycles. The summed E-state index contributed by atoms with van der Waals surface area (Å²) in [4.78, 5) is 9.05. The van der Waals surface area contributed by atoms with Gasteiger partial charge in [0.05, 0.1) is 0 Å². The van der Waals surface area contributed by atoms with Crippen molar-refractivity contribution in [2.24, 2.45) is 0 Å². The van der Waals surface area contributed by atoms with Crippen LogP contribution in [-0.4, -0.2) is 9.97 Å². The van der Waals surface area contributed by atoms with E-state index in [9.17, 15) is 0 Å². The number of rotatable bonds is 3. The molecule has 0 aliphatic carbocycles. The largest absolute Gasteiger partial charge is 0.305 e. The number of fused-ring (bicyclic) bond motifs is 5. The van der Waals surface area contributed by atoms with Gasteiger partial charge in [-0.2, -0.15) is 0 Å². The average Bonchev–Trinajstić information content (AvgIpc) is 3.08. The van der Waals surface area contributed by atoms with E-state index in [1.165, 1.54) is 49.0 Å². The molecule has 219 valence electrons. The first-order valence-corrected chi connectivity index (χ1v) is 14.8. The quantitative estimate of drug-likeness (QED) is 0.133. The van der Waals surface area contributed by atoms with Crippen molar-refractivity contribution in [3.8, 4) is 33.6 Å². The molecule has 2 nitrogen and oxygen atoms in total. The molecule has 0 aliphatic rings. The molecule has 2 aromatic heterocycles. The van der Waals surface area contributed by atoms with E-state index in [1.54, 1.807) is 6.20 Å². The zero-order valence-corrected chi connectivity index (χ0v) is 27.5. The van der Waals surface area contributed by atoms with Crippen LogP contribution in [0.15, 0.2) is 146 Å². The Morgan fingerprint density at radius 1 is 0.511 bits per heavy atom. The number of aromatic nitrogens is 2. The maximum Gasteiger partial charge on any atom is 0.0167 e. The Morgan fingerprint density at radius 2 is 1.24 bits per heavy atom. The van der Waals surface area contributed by atoms with Crippen molar-refractivity contribution in [2.75, 3.05) is 0 Å². The summed E-state index contributed by atoms with van der Waals surface area (Å²) in [6.07, 6.45) is 3.72. The van der Waals surface area contributed by atoms with E-state index in [0.717, 1.165) is 28.1 Å². The molecule has 2 heterocycles. The Labute approximate surface area is 277 Å². The molecule has 0 saturated heterocycles. The summed E-state index contributed by atoms with van der Waals surface area (Å²) >= 11 is 0. The van der Waals surface area contributed by atoms with Crippen LogP contribution in [0, 0.1) is 26.0 Å². The van der Waals surface area contributed by atoms with Gasteiger partial charge < -0.3 is 9.97 Å². The van der Waals surface area contributed by atoms with Gasteiger partial charge in [-0.1, -0.05) is 105 Å². The molecule has 0 spiro atoms. The SMILES string of the molecule is Cc1[c-]c(-c2nccc3c2ccc2c4ccccc4ccc32)cc(C)c1.[Ir].[c-]1ccc(-c2ccccc2)cc1-c1ccccn1. The maximum absolute atomic E-state index is 4.70. The minimum atomic E-state index is 0. The second kappa shape index (κ2) is 13.4. The molecular formula is C42H30IrN2-2. The Hall–Kier alpha value is -4.95. The molecule has 0 amide bonds. The number of nitrogens with zero attached hydrogens (tertiary/aromatic N) is 2. The molecule has 45 heavy (non-hydrogen) atoms. The van der Waals surface area contributed by atoms with Gasteiger partial charge in [0.15, 0.2) is 0 Å². The molecule has 0 N–H and O–H groups in total. The van der Waals surface area contributed by atoms with Gasteiger partial charge in [0.2, 0.25) is 0 Å². The molecular weight excluding hydrogens is 725 g/mol. The van der Waals surface area contributed by atoms with Gasteiger partial charge in [-0.25, -0.2) is 0 Å². The first-order chi connectivity index (χ1) is 21.6. The summed E-state index contributed by atoms with van der Waals surface area (Å²) in [6, 6.07) is 53.0. The summed E-state index contributed by atoms with van der Waals surface area (Å²) in [5, 5.41) is 7.55. The minimum absolute atomic E-state index is 0. The molecule has 3 heteroatoms. The van der Waals surface area contributed by atoms with Gasteiger partial charge >= 0.3 is 0 Å². The molecule has 0 unspecified atom stereocenters. The van der Waals surface area contributed by atoms with Crippen LogP contribution in [0.5, 0.6) is 0 Å². The van der Waals surface area contributed by atoms with Gasteiger partial charge in [-0.05, 0) is 61.4 Å². The normalized spacial score (nSPS) is 10.7. The number of hydrogen-bond donors (Lipinski definition) is 0. The third-order valence-corrected chi connectivity index (χ3v) is 7.92. The van der Waals surface area contributed by atoms with Crippen molar-refractivity contribution in [1.82, 2.24) is 9.97 Å². The number of hydrogen-bond acceptors (Lipinski definition) is 2. The van der Waals surface area contributed by atoms with Crippen molar-refractivity contribution in [3.63, 3.8) is 0 Å². The first-order valence-electron chi connectivity index (χ1n) is 14.8. The second-order valence-electron chi connectivity index (χ2n) is 11.0. The van der Waals surface area contributed by atoms with Crippen molar-refractivity contribution in [3.05, 3.63) is 169 Å². The zero-order chi connectivity index (χ0) is 29.9. The summed E-state index contributed by atoms with van der Waals surface area (Å²) in [7, 11) is 0. The summed E-state index contributed by atoms with van der Waals surface area (Å²) in [5.74, 6) is 0. The van der Waals surface area contributed by atoms with E-state index in [-0.39, 0.29) is 20.1 Å². The Balaban J connectivity index is 0.000000166. The van der Waals surface area contributed by atoms with Gasteiger partial charge in [0.1, 0.15) is 0 Å². The van der Waals surface area contributed by atoms with Gasteiger partial charge in [-0.3, -0.25) is 0 Å². The molecule has 8 rings (SSSR count). The fraction of sp³-hybridized carbons (Fsp3) is 0.0476. The fourth-order valence-electron chi connectivity index (χ4n) is 5.94. The third kappa shape index (κ3) is 6.33.